The molecular weight excluding hydrogens is 356 g/mol. The lowest BCUT2D eigenvalue weighted by Gasteiger charge is -2.15. The van der Waals surface area contributed by atoms with E-state index in [1.807, 2.05) is 48.5 Å². The van der Waals surface area contributed by atoms with E-state index in [2.05, 4.69) is 31.6 Å². The fourth-order valence-corrected chi connectivity index (χ4v) is 2.43. The van der Waals surface area contributed by atoms with E-state index in [1.54, 1.807) is 6.92 Å². The largest absolute Gasteiger partial charge is 0.484 e. The Morgan fingerprint density at radius 2 is 1.50 bits per heavy atom. The number of rotatable bonds is 8. The van der Waals surface area contributed by atoms with Crippen molar-refractivity contribution in [3.05, 3.63) is 59.7 Å². The van der Waals surface area contributed by atoms with E-state index in [9.17, 15) is 9.59 Å². The predicted molar refractivity (Wildman–Crippen MR) is 108 cm³/mol. The SMILES string of the molecule is CCc1ccc(OC(C)C(=O)NNC(=O)COc2ccc(C(C)C)cc2)cc1. The van der Waals surface area contributed by atoms with Crippen LogP contribution in [0.25, 0.3) is 0 Å². The maximum absolute atomic E-state index is 12.1. The molecular formula is C22H28N2O4. The standard InChI is InChI=1S/C22H28N2O4/c1-5-17-6-10-20(11-7-17)28-16(4)22(26)24-23-21(25)14-27-19-12-8-18(9-13-19)15(2)3/h6-13,15-16H,5,14H2,1-4H3,(H,23,25)(H,24,26). The third kappa shape index (κ3) is 6.61. The van der Waals surface area contributed by atoms with Gasteiger partial charge in [0.25, 0.3) is 11.8 Å². The van der Waals surface area contributed by atoms with E-state index in [0.29, 0.717) is 17.4 Å². The summed E-state index contributed by atoms with van der Waals surface area (Å²) in [5.74, 6) is 0.716. The van der Waals surface area contributed by atoms with Crippen LogP contribution in [-0.2, 0) is 16.0 Å². The van der Waals surface area contributed by atoms with Crippen molar-refractivity contribution < 1.29 is 19.1 Å². The molecule has 2 aromatic carbocycles. The lowest BCUT2D eigenvalue weighted by molar-refractivity contribution is -0.133. The van der Waals surface area contributed by atoms with Crippen LogP contribution in [0.1, 0.15) is 44.7 Å². The molecule has 6 heteroatoms. The molecule has 0 radical (unpaired) electrons. The molecule has 2 aromatic rings. The van der Waals surface area contributed by atoms with Gasteiger partial charge in [-0.3, -0.25) is 20.4 Å². The van der Waals surface area contributed by atoms with Crippen LogP contribution >= 0.6 is 0 Å². The summed E-state index contributed by atoms with van der Waals surface area (Å²) in [5, 5.41) is 0. The first kappa shape index (κ1) is 21.3. The second-order valence-corrected chi connectivity index (χ2v) is 6.81. The number of nitrogens with one attached hydrogen (secondary N) is 2. The molecule has 0 saturated carbocycles. The van der Waals surface area contributed by atoms with Crippen LogP contribution in [0.5, 0.6) is 11.5 Å². The molecule has 2 rings (SSSR count). The lowest BCUT2D eigenvalue weighted by atomic mass is 10.0. The van der Waals surface area contributed by atoms with Crippen molar-refractivity contribution >= 4 is 11.8 Å². The molecule has 1 atom stereocenters. The number of hydrogen-bond donors (Lipinski definition) is 2. The summed E-state index contributed by atoms with van der Waals surface area (Å²) in [6, 6.07) is 15.1. The summed E-state index contributed by atoms with van der Waals surface area (Å²) >= 11 is 0. The molecule has 0 aromatic heterocycles. The molecule has 2 N–H and O–H groups in total. The molecule has 0 aliphatic heterocycles. The molecule has 150 valence electrons. The van der Waals surface area contributed by atoms with Crippen LogP contribution < -0.4 is 20.3 Å². The number of ether oxygens (including phenoxy) is 2. The minimum absolute atomic E-state index is 0.199. The summed E-state index contributed by atoms with van der Waals surface area (Å²) in [6.45, 7) is 7.70. The normalized spacial score (nSPS) is 11.6. The summed E-state index contributed by atoms with van der Waals surface area (Å²) in [7, 11) is 0. The van der Waals surface area contributed by atoms with Gasteiger partial charge in [0.15, 0.2) is 12.7 Å². The fourth-order valence-electron chi connectivity index (χ4n) is 2.43. The number of carbonyl (C=O) groups is 2. The maximum Gasteiger partial charge on any atom is 0.279 e. The Kier molecular flexibility index (Phi) is 7.87. The average Bonchev–Trinajstić information content (AvgIpc) is 2.71. The Morgan fingerprint density at radius 3 is 2.07 bits per heavy atom. The smallest absolute Gasteiger partial charge is 0.279 e. The van der Waals surface area contributed by atoms with Gasteiger partial charge in [-0.05, 0) is 54.7 Å². The van der Waals surface area contributed by atoms with Crippen LogP contribution in [-0.4, -0.2) is 24.5 Å². The highest BCUT2D eigenvalue weighted by Crippen LogP contribution is 2.18. The second kappa shape index (κ2) is 10.3. The van der Waals surface area contributed by atoms with Crippen molar-refractivity contribution in [2.24, 2.45) is 0 Å². The number of aryl methyl sites for hydroxylation is 1. The van der Waals surface area contributed by atoms with Crippen LogP contribution in [0.2, 0.25) is 0 Å². The van der Waals surface area contributed by atoms with Crippen molar-refractivity contribution in [3.8, 4) is 11.5 Å². The molecule has 6 nitrogen and oxygen atoms in total. The van der Waals surface area contributed by atoms with Crippen molar-refractivity contribution in [2.45, 2.75) is 46.1 Å². The topological polar surface area (TPSA) is 76.7 Å². The van der Waals surface area contributed by atoms with E-state index in [-0.39, 0.29) is 6.61 Å². The van der Waals surface area contributed by atoms with Gasteiger partial charge >= 0.3 is 0 Å². The van der Waals surface area contributed by atoms with Crippen molar-refractivity contribution in [3.63, 3.8) is 0 Å². The monoisotopic (exact) mass is 384 g/mol. The van der Waals surface area contributed by atoms with Crippen LogP contribution in [0, 0.1) is 0 Å². The predicted octanol–water partition coefficient (Wildman–Crippen LogP) is 3.37. The summed E-state index contributed by atoms with van der Waals surface area (Å²) in [4.78, 5) is 23.9. The van der Waals surface area contributed by atoms with Crippen LogP contribution in [0.4, 0.5) is 0 Å². The third-order valence-corrected chi connectivity index (χ3v) is 4.26. The molecule has 0 aliphatic carbocycles. The van der Waals surface area contributed by atoms with E-state index < -0.39 is 17.9 Å². The molecule has 0 heterocycles. The number of carbonyl (C=O) groups excluding carboxylic acids is 2. The van der Waals surface area contributed by atoms with Gasteiger partial charge in [0.05, 0.1) is 0 Å². The first-order valence-electron chi connectivity index (χ1n) is 9.46. The van der Waals surface area contributed by atoms with Gasteiger partial charge in [-0.2, -0.15) is 0 Å². The number of benzene rings is 2. The second-order valence-electron chi connectivity index (χ2n) is 6.81. The molecule has 0 saturated heterocycles. The van der Waals surface area contributed by atoms with Gasteiger partial charge in [-0.25, -0.2) is 0 Å². The Morgan fingerprint density at radius 1 is 0.893 bits per heavy atom. The first-order valence-corrected chi connectivity index (χ1v) is 9.46. The molecule has 28 heavy (non-hydrogen) atoms. The quantitative estimate of drug-likeness (QED) is 0.684. The maximum atomic E-state index is 12.1. The molecule has 0 bridgehead atoms. The number of hydrazine groups is 1. The lowest BCUT2D eigenvalue weighted by Crippen LogP contribution is -2.48. The summed E-state index contributed by atoms with van der Waals surface area (Å²) < 4.78 is 11.0. The van der Waals surface area contributed by atoms with E-state index in [0.717, 1.165) is 6.42 Å². The molecule has 0 aliphatic rings. The number of amides is 2. The molecule has 1 unspecified atom stereocenters. The van der Waals surface area contributed by atoms with Gasteiger partial charge in [0.2, 0.25) is 0 Å². The number of hydrogen-bond acceptors (Lipinski definition) is 4. The molecule has 0 spiro atoms. The Labute approximate surface area is 166 Å². The highest BCUT2D eigenvalue weighted by atomic mass is 16.5. The fraction of sp³-hybridized carbons (Fsp3) is 0.364. The van der Waals surface area contributed by atoms with Gasteiger partial charge < -0.3 is 9.47 Å². The average molecular weight is 384 g/mol. The third-order valence-electron chi connectivity index (χ3n) is 4.26. The van der Waals surface area contributed by atoms with Crippen molar-refractivity contribution in [1.82, 2.24) is 10.9 Å². The van der Waals surface area contributed by atoms with Crippen molar-refractivity contribution in [1.29, 1.82) is 0 Å². The zero-order valence-electron chi connectivity index (χ0n) is 16.8. The zero-order valence-corrected chi connectivity index (χ0v) is 16.8. The first-order chi connectivity index (χ1) is 13.4. The molecule has 2 amide bonds. The summed E-state index contributed by atoms with van der Waals surface area (Å²) in [5.41, 5.74) is 7.05. The minimum Gasteiger partial charge on any atom is -0.484 e. The van der Waals surface area contributed by atoms with E-state index in [4.69, 9.17) is 9.47 Å². The summed E-state index contributed by atoms with van der Waals surface area (Å²) in [6.07, 6.45) is 0.184. The van der Waals surface area contributed by atoms with Crippen LogP contribution in [0.3, 0.4) is 0 Å². The Bertz CT molecular complexity index is 770. The van der Waals surface area contributed by atoms with Gasteiger partial charge in [0, 0.05) is 0 Å². The Hall–Kier alpha value is -3.02. The van der Waals surface area contributed by atoms with Gasteiger partial charge in [-0.15, -0.1) is 0 Å². The highest BCUT2D eigenvalue weighted by molar-refractivity contribution is 5.85. The minimum atomic E-state index is -0.753. The van der Waals surface area contributed by atoms with Crippen molar-refractivity contribution in [2.75, 3.05) is 6.61 Å². The van der Waals surface area contributed by atoms with Gasteiger partial charge in [-0.1, -0.05) is 45.0 Å². The molecule has 0 fully saturated rings. The zero-order chi connectivity index (χ0) is 20.5. The van der Waals surface area contributed by atoms with Crippen LogP contribution in [0.15, 0.2) is 48.5 Å². The highest BCUT2D eigenvalue weighted by Gasteiger charge is 2.15. The van der Waals surface area contributed by atoms with E-state index >= 15 is 0 Å². The van der Waals surface area contributed by atoms with E-state index in [1.165, 1.54) is 11.1 Å². The van der Waals surface area contributed by atoms with Gasteiger partial charge in [0.1, 0.15) is 11.5 Å². The Balaban J connectivity index is 1.72.